The second-order valence-corrected chi connectivity index (χ2v) is 3.16. The smallest absolute Gasteiger partial charge is 0.308 e. The second-order valence-electron chi connectivity index (χ2n) is 2.47. The lowest BCUT2D eigenvalue weighted by atomic mass is 10.1. The van der Waals surface area contributed by atoms with Crippen LogP contribution in [0.4, 0.5) is 0 Å². The molecule has 0 aromatic carbocycles. The first-order chi connectivity index (χ1) is 5.15. The van der Waals surface area contributed by atoms with Gasteiger partial charge in [-0.2, -0.15) is 0 Å². The van der Waals surface area contributed by atoms with Gasteiger partial charge < -0.3 is 10.0 Å². The molecule has 0 radical (unpaired) electrons. The maximum atomic E-state index is 11.0. The van der Waals surface area contributed by atoms with E-state index in [9.17, 15) is 9.59 Å². The Bertz CT molecular complexity index is 194. The van der Waals surface area contributed by atoms with E-state index in [2.05, 4.69) is 22.6 Å². The molecule has 1 atom stereocenters. The molecule has 11 heavy (non-hydrogen) atoms. The molecule has 1 rings (SSSR count). The summed E-state index contributed by atoms with van der Waals surface area (Å²) in [6.45, 7) is 0.372. The molecule has 62 valence electrons. The minimum absolute atomic E-state index is 0.0493. The quantitative estimate of drug-likeness (QED) is 0.446. The number of alkyl halides is 1. The van der Waals surface area contributed by atoms with Gasteiger partial charge in [-0.15, -0.1) is 0 Å². The molecule has 0 saturated carbocycles. The Morgan fingerprint density at radius 3 is 2.73 bits per heavy atom. The highest BCUT2D eigenvalue weighted by molar-refractivity contribution is 14.1. The van der Waals surface area contributed by atoms with Crippen LogP contribution in [-0.4, -0.2) is 33.0 Å². The van der Waals surface area contributed by atoms with E-state index in [4.69, 9.17) is 5.11 Å². The molecular formula is C6H8INO3. The lowest BCUT2D eigenvalue weighted by Crippen LogP contribution is -2.24. The molecule has 0 bridgehead atoms. The van der Waals surface area contributed by atoms with E-state index in [1.165, 1.54) is 0 Å². The van der Waals surface area contributed by atoms with Gasteiger partial charge in [0.05, 0.1) is 10.5 Å². The number of carboxylic acids is 1. The van der Waals surface area contributed by atoms with Crippen LogP contribution in [0.15, 0.2) is 0 Å². The normalized spacial score (nSPS) is 24.3. The molecular weight excluding hydrogens is 261 g/mol. The molecule has 1 aliphatic heterocycles. The van der Waals surface area contributed by atoms with Gasteiger partial charge in [-0.25, -0.2) is 0 Å². The molecule has 0 aromatic rings. The number of halogens is 1. The van der Waals surface area contributed by atoms with Crippen molar-refractivity contribution < 1.29 is 14.7 Å². The standard InChI is InChI=1S/C6H8INO3/c7-3-8-2-4(6(10)11)1-5(8)9/h4H,1-3H2,(H,10,11). The maximum Gasteiger partial charge on any atom is 0.308 e. The van der Waals surface area contributed by atoms with E-state index in [1.54, 1.807) is 4.90 Å². The number of rotatable bonds is 2. The fourth-order valence-corrected chi connectivity index (χ4v) is 1.71. The van der Waals surface area contributed by atoms with Crippen molar-refractivity contribution in [3.63, 3.8) is 0 Å². The number of hydrogen-bond donors (Lipinski definition) is 1. The third-order valence-electron chi connectivity index (χ3n) is 1.71. The summed E-state index contributed by atoms with van der Waals surface area (Å²) in [5.74, 6) is -1.41. The zero-order chi connectivity index (χ0) is 8.43. The summed E-state index contributed by atoms with van der Waals surface area (Å²) >= 11 is 2.05. The predicted molar refractivity (Wildman–Crippen MR) is 46.3 cm³/mol. The number of likely N-dealkylation sites (tertiary alicyclic amines) is 1. The van der Waals surface area contributed by atoms with Crippen LogP contribution in [0.5, 0.6) is 0 Å². The van der Waals surface area contributed by atoms with Crippen LogP contribution >= 0.6 is 22.6 Å². The number of hydrogen-bond acceptors (Lipinski definition) is 2. The summed E-state index contributed by atoms with van der Waals surface area (Å²) in [6, 6.07) is 0. The van der Waals surface area contributed by atoms with Gasteiger partial charge in [0.15, 0.2) is 0 Å². The monoisotopic (exact) mass is 269 g/mol. The first kappa shape index (κ1) is 8.76. The Hall–Kier alpha value is -0.330. The summed E-state index contributed by atoms with van der Waals surface area (Å²) in [4.78, 5) is 23.0. The highest BCUT2D eigenvalue weighted by Crippen LogP contribution is 2.18. The average molecular weight is 269 g/mol. The van der Waals surface area contributed by atoms with Gasteiger partial charge in [0.1, 0.15) is 0 Å². The first-order valence-electron chi connectivity index (χ1n) is 3.21. The van der Waals surface area contributed by atoms with Crippen molar-refractivity contribution in [1.82, 2.24) is 4.90 Å². The zero-order valence-corrected chi connectivity index (χ0v) is 7.95. The van der Waals surface area contributed by atoms with Gasteiger partial charge >= 0.3 is 5.97 Å². The fourth-order valence-electron chi connectivity index (χ4n) is 1.05. The van der Waals surface area contributed by atoms with Crippen LogP contribution < -0.4 is 0 Å². The van der Waals surface area contributed by atoms with E-state index in [0.717, 1.165) is 0 Å². The highest BCUT2D eigenvalue weighted by Gasteiger charge is 2.33. The molecule has 4 nitrogen and oxygen atoms in total. The van der Waals surface area contributed by atoms with E-state index >= 15 is 0 Å². The molecule has 1 N–H and O–H groups in total. The van der Waals surface area contributed by atoms with Crippen LogP contribution in [0.3, 0.4) is 0 Å². The molecule has 1 aliphatic rings. The lowest BCUT2D eigenvalue weighted by Gasteiger charge is -2.10. The van der Waals surface area contributed by atoms with E-state index in [-0.39, 0.29) is 12.3 Å². The molecule has 1 fully saturated rings. The predicted octanol–water partition coefficient (Wildman–Crippen LogP) is 0.312. The van der Waals surface area contributed by atoms with Gasteiger partial charge in [0, 0.05) is 13.0 Å². The summed E-state index contributed by atoms with van der Waals surface area (Å²) in [5.41, 5.74) is 0. The van der Waals surface area contributed by atoms with Gasteiger partial charge in [0.25, 0.3) is 0 Å². The molecule has 0 aromatic heterocycles. The van der Waals surface area contributed by atoms with E-state index in [0.29, 0.717) is 11.1 Å². The van der Waals surface area contributed by atoms with Gasteiger partial charge in [-0.1, -0.05) is 22.6 Å². The molecule has 1 unspecified atom stereocenters. The number of carbonyl (C=O) groups excluding carboxylic acids is 1. The van der Waals surface area contributed by atoms with Crippen LogP contribution in [0.1, 0.15) is 6.42 Å². The number of carboxylic acid groups (broad SMARTS) is 1. The number of aliphatic carboxylic acids is 1. The average Bonchev–Trinajstić information content (AvgIpc) is 2.31. The van der Waals surface area contributed by atoms with Crippen molar-refractivity contribution in [2.45, 2.75) is 6.42 Å². The Balaban J connectivity index is 2.56. The SMILES string of the molecule is O=C(O)C1CC(=O)N(CI)C1. The molecule has 1 amide bonds. The molecule has 5 heteroatoms. The van der Waals surface area contributed by atoms with Crippen molar-refractivity contribution in [1.29, 1.82) is 0 Å². The van der Waals surface area contributed by atoms with E-state index < -0.39 is 11.9 Å². The van der Waals surface area contributed by atoms with Crippen LogP contribution in [-0.2, 0) is 9.59 Å². The van der Waals surface area contributed by atoms with Crippen LogP contribution in [0, 0.1) is 5.92 Å². The molecule has 1 heterocycles. The summed E-state index contributed by atoms with van der Waals surface area (Å²) in [7, 11) is 0. The topological polar surface area (TPSA) is 57.6 Å². The number of nitrogens with zero attached hydrogens (tertiary/aromatic N) is 1. The Labute approximate surface area is 77.7 Å². The minimum atomic E-state index is -0.870. The first-order valence-corrected chi connectivity index (χ1v) is 4.74. The number of carbonyl (C=O) groups is 2. The summed E-state index contributed by atoms with van der Waals surface area (Å²) < 4.78 is 0.584. The van der Waals surface area contributed by atoms with Crippen molar-refractivity contribution in [2.24, 2.45) is 5.92 Å². The van der Waals surface area contributed by atoms with Crippen molar-refractivity contribution in [3.8, 4) is 0 Å². The van der Waals surface area contributed by atoms with Crippen molar-refractivity contribution in [2.75, 3.05) is 11.1 Å². The maximum absolute atomic E-state index is 11.0. The van der Waals surface area contributed by atoms with Crippen molar-refractivity contribution in [3.05, 3.63) is 0 Å². The summed E-state index contributed by atoms with van der Waals surface area (Å²) in [6.07, 6.45) is 0.165. The number of amides is 1. The van der Waals surface area contributed by atoms with E-state index in [1.807, 2.05) is 0 Å². The molecule has 0 spiro atoms. The molecule has 1 saturated heterocycles. The lowest BCUT2D eigenvalue weighted by molar-refractivity contribution is -0.141. The highest BCUT2D eigenvalue weighted by atomic mass is 127. The second kappa shape index (κ2) is 3.38. The minimum Gasteiger partial charge on any atom is -0.481 e. The molecule has 0 aliphatic carbocycles. The fraction of sp³-hybridized carbons (Fsp3) is 0.667. The van der Waals surface area contributed by atoms with Gasteiger partial charge in [0.2, 0.25) is 5.91 Å². The van der Waals surface area contributed by atoms with Crippen LogP contribution in [0.25, 0.3) is 0 Å². The third kappa shape index (κ3) is 1.82. The Kier molecular flexibility index (Phi) is 2.69. The van der Waals surface area contributed by atoms with Gasteiger partial charge in [-0.05, 0) is 0 Å². The van der Waals surface area contributed by atoms with Crippen molar-refractivity contribution >= 4 is 34.5 Å². The largest absolute Gasteiger partial charge is 0.481 e. The zero-order valence-electron chi connectivity index (χ0n) is 5.79. The Morgan fingerprint density at radius 1 is 1.82 bits per heavy atom. The van der Waals surface area contributed by atoms with Crippen LogP contribution in [0.2, 0.25) is 0 Å². The summed E-state index contributed by atoms with van der Waals surface area (Å²) in [5, 5.41) is 8.56. The third-order valence-corrected chi connectivity index (χ3v) is 2.53. The van der Waals surface area contributed by atoms with Gasteiger partial charge in [-0.3, -0.25) is 9.59 Å². The Morgan fingerprint density at radius 2 is 2.45 bits per heavy atom.